The Morgan fingerprint density at radius 1 is 1.43 bits per heavy atom. The first-order valence-electron chi connectivity index (χ1n) is 6.68. The van der Waals surface area contributed by atoms with Crippen LogP contribution in [0.25, 0.3) is 17.0 Å². The molecule has 0 fully saturated rings. The van der Waals surface area contributed by atoms with Crippen LogP contribution in [0.2, 0.25) is 0 Å². The lowest BCUT2D eigenvalue weighted by atomic mass is 10.1. The third-order valence-corrected chi connectivity index (χ3v) is 3.07. The van der Waals surface area contributed by atoms with Gasteiger partial charge in [-0.1, -0.05) is 18.2 Å². The predicted molar refractivity (Wildman–Crippen MR) is 79.2 cm³/mol. The average Bonchev–Trinajstić information content (AvgIpc) is 2.84. The van der Waals surface area contributed by atoms with Gasteiger partial charge in [-0.3, -0.25) is 0 Å². The molecule has 1 aromatic heterocycles. The molecule has 5 nitrogen and oxygen atoms in total. The molecule has 2 aromatic rings. The number of carbonyl (C=O) groups excluding carboxylic acids is 1. The second kappa shape index (κ2) is 6.95. The monoisotopic (exact) mass is 290 g/mol. The number of furan rings is 1. The molecule has 21 heavy (non-hydrogen) atoms. The zero-order chi connectivity index (χ0) is 15.2. The molecule has 2 rings (SSSR count). The maximum atomic E-state index is 11.2. The zero-order valence-electron chi connectivity index (χ0n) is 12.1. The molecule has 0 saturated heterocycles. The number of fused-ring (bicyclic) bond motifs is 1. The van der Waals surface area contributed by atoms with E-state index in [0.717, 1.165) is 10.9 Å². The first kappa shape index (κ1) is 15.1. The van der Waals surface area contributed by atoms with Crippen LogP contribution in [-0.4, -0.2) is 31.4 Å². The summed E-state index contributed by atoms with van der Waals surface area (Å²) in [5.74, 6) is 0.714. The van der Waals surface area contributed by atoms with Crippen LogP contribution in [0.1, 0.15) is 18.2 Å². The van der Waals surface area contributed by atoms with Crippen molar-refractivity contribution in [3.8, 4) is 5.75 Å². The quantitative estimate of drug-likeness (QED) is 0.828. The third-order valence-electron chi connectivity index (χ3n) is 3.07. The van der Waals surface area contributed by atoms with Crippen molar-refractivity contribution in [3.05, 3.63) is 35.6 Å². The zero-order valence-corrected chi connectivity index (χ0v) is 12.1. The maximum absolute atomic E-state index is 11.2. The van der Waals surface area contributed by atoms with Crippen LogP contribution in [0.15, 0.2) is 28.7 Å². The van der Waals surface area contributed by atoms with E-state index in [4.69, 9.17) is 9.15 Å². The number of carbonyl (C=O) groups is 1. The van der Waals surface area contributed by atoms with Gasteiger partial charge in [0, 0.05) is 17.6 Å². The summed E-state index contributed by atoms with van der Waals surface area (Å²) in [7, 11) is 1.31. The predicted octanol–water partition coefficient (Wildman–Crippen LogP) is 2.55. The number of hydrogen-bond donors (Lipinski definition) is 1. The van der Waals surface area contributed by atoms with Crippen molar-refractivity contribution in [1.29, 1.82) is 0 Å². The number of rotatable bonds is 6. The van der Waals surface area contributed by atoms with Crippen LogP contribution in [0.3, 0.4) is 0 Å². The number of allylic oxidation sites excluding steroid dienone is 1. The molecule has 0 amide bonds. The maximum Gasteiger partial charge on any atom is 0.343 e. The lowest BCUT2D eigenvalue weighted by Gasteiger charge is -2.04. The normalized spacial score (nSPS) is 11.2. The van der Waals surface area contributed by atoms with E-state index in [1.807, 2.05) is 31.2 Å². The first-order chi connectivity index (χ1) is 10.2. The van der Waals surface area contributed by atoms with E-state index >= 15 is 0 Å². The molecule has 1 aromatic carbocycles. The number of methoxy groups -OCH3 is 1. The van der Waals surface area contributed by atoms with Gasteiger partial charge in [0.05, 0.1) is 7.11 Å². The van der Waals surface area contributed by atoms with Gasteiger partial charge in [0.25, 0.3) is 0 Å². The molecule has 0 aliphatic carbocycles. The lowest BCUT2D eigenvalue weighted by Crippen LogP contribution is -2.12. The Hall–Kier alpha value is -2.27. The molecule has 0 aliphatic rings. The van der Waals surface area contributed by atoms with Crippen molar-refractivity contribution in [2.75, 3.05) is 20.3 Å². The van der Waals surface area contributed by atoms with Crippen molar-refractivity contribution in [2.45, 2.75) is 13.3 Å². The Kier molecular flexibility index (Phi) is 5.00. The van der Waals surface area contributed by atoms with Gasteiger partial charge in [-0.2, -0.15) is 0 Å². The molecule has 5 heteroatoms. The van der Waals surface area contributed by atoms with Gasteiger partial charge in [0.15, 0.2) is 17.9 Å². The highest BCUT2D eigenvalue weighted by Crippen LogP contribution is 2.33. The minimum absolute atomic E-state index is 0.0342. The highest BCUT2D eigenvalue weighted by molar-refractivity contribution is 5.89. The SMILES string of the molecule is C/C=C/c1oc2c(OCC(=O)OC)cccc2c1CCO. The lowest BCUT2D eigenvalue weighted by molar-refractivity contribution is -0.142. The van der Waals surface area contributed by atoms with Crippen molar-refractivity contribution < 1.29 is 23.8 Å². The van der Waals surface area contributed by atoms with Crippen LogP contribution in [0.4, 0.5) is 0 Å². The fourth-order valence-electron chi connectivity index (χ4n) is 2.13. The summed E-state index contributed by atoms with van der Waals surface area (Å²) in [5, 5.41) is 10.1. The van der Waals surface area contributed by atoms with Crippen molar-refractivity contribution in [2.24, 2.45) is 0 Å². The van der Waals surface area contributed by atoms with Gasteiger partial charge in [0.2, 0.25) is 0 Å². The molecular weight excluding hydrogens is 272 g/mol. The Morgan fingerprint density at radius 3 is 2.90 bits per heavy atom. The fraction of sp³-hybridized carbons (Fsp3) is 0.312. The van der Waals surface area contributed by atoms with Crippen LogP contribution in [0.5, 0.6) is 5.75 Å². The molecule has 0 saturated carbocycles. The molecule has 0 spiro atoms. The number of ether oxygens (including phenoxy) is 2. The Labute approximate surface area is 122 Å². The molecule has 0 aliphatic heterocycles. The molecule has 0 unspecified atom stereocenters. The van der Waals surface area contributed by atoms with E-state index in [1.165, 1.54) is 7.11 Å². The average molecular weight is 290 g/mol. The number of aliphatic hydroxyl groups excluding tert-OH is 1. The van der Waals surface area contributed by atoms with E-state index in [9.17, 15) is 9.90 Å². The largest absolute Gasteiger partial charge is 0.478 e. The molecular formula is C16H18O5. The molecule has 0 bridgehead atoms. The van der Waals surface area contributed by atoms with Crippen molar-refractivity contribution >= 4 is 23.0 Å². The van der Waals surface area contributed by atoms with Crippen LogP contribution < -0.4 is 4.74 Å². The van der Waals surface area contributed by atoms with E-state index in [1.54, 1.807) is 6.07 Å². The van der Waals surface area contributed by atoms with E-state index in [-0.39, 0.29) is 13.2 Å². The van der Waals surface area contributed by atoms with Crippen LogP contribution in [-0.2, 0) is 16.0 Å². The minimum Gasteiger partial charge on any atom is -0.478 e. The van der Waals surface area contributed by atoms with E-state index in [0.29, 0.717) is 23.5 Å². The summed E-state index contributed by atoms with van der Waals surface area (Å²) in [5.41, 5.74) is 1.49. The second-order valence-electron chi connectivity index (χ2n) is 4.42. The Balaban J connectivity index is 2.44. The number of para-hydroxylation sites is 1. The van der Waals surface area contributed by atoms with Gasteiger partial charge >= 0.3 is 5.97 Å². The number of aliphatic hydroxyl groups is 1. The summed E-state index contributed by atoms with van der Waals surface area (Å²) < 4.78 is 15.8. The third kappa shape index (κ3) is 3.25. The summed E-state index contributed by atoms with van der Waals surface area (Å²) in [6.45, 7) is 1.75. The molecule has 0 atom stereocenters. The Bertz CT molecular complexity index is 654. The van der Waals surface area contributed by atoms with Gasteiger partial charge in [-0.15, -0.1) is 0 Å². The summed E-state index contributed by atoms with van der Waals surface area (Å²) in [4.78, 5) is 11.2. The molecule has 1 heterocycles. The molecule has 112 valence electrons. The highest BCUT2D eigenvalue weighted by Gasteiger charge is 2.16. The summed E-state index contributed by atoms with van der Waals surface area (Å²) in [6.07, 6.45) is 4.20. The second-order valence-corrected chi connectivity index (χ2v) is 4.42. The molecule has 1 N–H and O–H groups in total. The topological polar surface area (TPSA) is 68.9 Å². The highest BCUT2D eigenvalue weighted by atomic mass is 16.6. The summed E-state index contributed by atoms with van der Waals surface area (Å²) in [6, 6.07) is 5.46. The van der Waals surface area contributed by atoms with Crippen molar-refractivity contribution in [1.82, 2.24) is 0 Å². The van der Waals surface area contributed by atoms with Gasteiger partial charge in [-0.05, 0) is 25.5 Å². The molecule has 0 radical (unpaired) electrons. The first-order valence-corrected chi connectivity index (χ1v) is 6.68. The van der Waals surface area contributed by atoms with Gasteiger partial charge < -0.3 is 19.0 Å². The van der Waals surface area contributed by atoms with E-state index in [2.05, 4.69) is 4.74 Å². The number of benzene rings is 1. The van der Waals surface area contributed by atoms with Crippen LogP contribution >= 0.6 is 0 Å². The van der Waals surface area contributed by atoms with E-state index < -0.39 is 5.97 Å². The Morgan fingerprint density at radius 2 is 2.24 bits per heavy atom. The number of esters is 1. The van der Waals surface area contributed by atoms with Gasteiger partial charge in [0.1, 0.15) is 5.76 Å². The standard InChI is InChI=1S/C16H18O5/c1-3-5-13-11(8-9-17)12-6-4-7-14(16(12)21-13)20-10-15(18)19-2/h3-7,17H,8-10H2,1-2H3/b5-3+. The van der Waals surface area contributed by atoms with Gasteiger partial charge in [-0.25, -0.2) is 4.79 Å². The summed E-state index contributed by atoms with van der Waals surface area (Å²) >= 11 is 0. The fourth-order valence-corrected chi connectivity index (χ4v) is 2.13. The van der Waals surface area contributed by atoms with Crippen molar-refractivity contribution in [3.63, 3.8) is 0 Å². The minimum atomic E-state index is -0.456. The van der Waals surface area contributed by atoms with Crippen LogP contribution in [0, 0.1) is 0 Å². The smallest absolute Gasteiger partial charge is 0.343 e. The number of hydrogen-bond acceptors (Lipinski definition) is 5.